The molecule has 0 aliphatic heterocycles. The number of benzene rings is 3. The number of amides is 2. The zero-order valence-corrected chi connectivity index (χ0v) is 16.9. The van der Waals surface area contributed by atoms with E-state index in [4.69, 9.17) is 4.74 Å². The molecule has 3 aromatic rings. The maximum atomic E-state index is 13.8. The summed E-state index contributed by atoms with van der Waals surface area (Å²) in [6, 6.07) is 20.5. The summed E-state index contributed by atoms with van der Waals surface area (Å²) < 4.78 is 19.6. The molecule has 3 aromatic carbocycles. The summed E-state index contributed by atoms with van der Waals surface area (Å²) in [4.78, 5) is 24.7. The lowest BCUT2D eigenvalue weighted by atomic mass is 10.1. The number of para-hydroxylation sites is 1. The highest BCUT2D eigenvalue weighted by Crippen LogP contribution is 2.21. The molecule has 0 spiro atoms. The molecular formula is C22H18BrFN2O3. The second-order valence-corrected chi connectivity index (χ2v) is 7.04. The molecule has 0 saturated heterocycles. The topological polar surface area (TPSA) is 67.4 Å². The summed E-state index contributed by atoms with van der Waals surface area (Å²) >= 11 is 3.16. The number of hydrogen-bond acceptors (Lipinski definition) is 3. The fraction of sp³-hybridized carbons (Fsp3) is 0.0909. The van der Waals surface area contributed by atoms with Gasteiger partial charge in [0.2, 0.25) is 0 Å². The predicted octanol–water partition coefficient (Wildman–Crippen LogP) is 4.54. The Hall–Kier alpha value is -3.19. The van der Waals surface area contributed by atoms with E-state index in [2.05, 4.69) is 26.6 Å². The first-order chi connectivity index (χ1) is 14.0. The van der Waals surface area contributed by atoms with E-state index in [1.165, 1.54) is 12.1 Å². The Morgan fingerprint density at radius 2 is 1.69 bits per heavy atom. The summed E-state index contributed by atoms with van der Waals surface area (Å²) in [6.07, 6.45) is 0. The van der Waals surface area contributed by atoms with Crippen LogP contribution < -0.4 is 15.4 Å². The number of carbonyl (C=O) groups is 2. The van der Waals surface area contributed by atoms with Crippen molar-refractivity contribution >= 4 is 33.4 Å². The van der Waals surface area contributed by atoms with E-state index in [-0.39, 0.29) is 11.7 Å². The third-order valence-electron chi connectivity index (χ3n) is 3.99. The Morgan fingerprint density at radius 3 is 2.45 bits per heavy atom. The Morgan fingerprint density at radius 1 is 0.966 bits per heavy atom. The minimum absolute atomic E-state index is 0.0303. The molecule has 0 aliphatic rings. The number of rotatable bonds is 7. The van der Waals surface area contributed by atoms with Gasteiger partial charge in [-0.1, -0.05) is 58.4 Å². The molecule has 2 amide bonds. The van der Waals surface area contributed by atoms with Crippen LogP contribution in [0.2, 0.25) is 0 Å². The summed E-state index contributed by atoms with van der Waals surface area (Å²) in [6.45, 7) is -0.0214. The Kier molecular flexibility index (Phi) is 6.97. The van der Waals surface area contributed by atoms with Gasteiger partial charge >= 0.3 is 0 Å². The fourth-order valence-corrected chi connectivity index (χ4v) is 2.92. The van der Waals surface area contributed by atoms with E-state index in [0.717, 1.165) is 5.56 Å². The van der Waals surface area contributed by atoms with Crippen molar-refractivity contribution in [2.45, 2.75) is 6.54 Å². The SMILES string of the molecule is O=C(COc1ccc(Br)cc1F)Nc1ccccc1C(=O)NCc1ccccc1. The molecule has 148 valence electrons. The molecule has 5 nitrogen and oxygen atoms in total. The molecule has 29 heavy (non-hydrogen) atoms. The van der Waals surface area contributed by atoms with Crippen LogP contribution >= 0.6 is 15.9 Å². The summed E-state index contributed by atoms with van der Waals surface area (Å²) in [5.74, 6) is -1.43. The number of halogens is 2. The van der Waals surface area contributed by atoms with Crippen molar-refractivity contribution in [1.82, 2.24) is 5.32 Å². The van der Waals surface area contributed by atoms with Crippen molar-refractivity contribution in [2.75, 3.05) is 11.9 Å². The van der Waals surface area contributed by atoms with Gasteiger partial charge in [0.1, 0.15) is 0 Å². The minimum atomic E-state index is -0.576. The van der Waals surface area contributed by atoms with Gasteiger partial charge in [-0.2, -0.15) is 0 Å². The smallest absolute Gasteiger partial charge is 0.262 e. The highest BCUT2D eigenvalue weighted by molar-refractivity contribution is 9.10. The Bertz CT molecular complexity index is 1010. The normalized spacial score (nSPS) is 10.3. The Balaban J connectivity index is 1.60. The van der Waals surface area contributed by atoms with E-state index < -0.39 is 18.3 Å². The van der Waals surface area contributed by atoms with Gasteiger partial charge in [0.25, 0.3) is 11.8 Å². The first-order valence-corrected chi connectivity index (χ1v) is 9.61. The van der Waals surface area contributed by atoms with Gasteiger partial charge < -0.3 is 15.4 Å². The summed E-state index contributed by atoms with van der Waals surface area (Å²) in [5, 5.41) is 5.46. The van der Waals surface area contributed by atoms with Crippen LogP contribution in [-0.4, -0.2) is 18.4 Å². The number of hydrogen-bond donors (Lipinski definition) is 2. The van der Waals surface area contributed by atoms with Gasteiger partial charge in [-0.15, -0.1) is 0 Å². The second-order valence-electron chi connectivity index (χ2n) is 6.13. The lowest BCUT2D eigenvalue weighted by Crippen LogP contribution is -2.26. The Labute approximate surface area is 176 Å². The van der Waals surface area contributed by atoms with Crippen molar-refractivity contribution in [2.24, 2.45) is 0 Å². The van der Waals surface area contributed by atoms with E-state index in [9.17, 15) is 14.0 Å². The molecule has 2 N–H and O–H groups in total. The van der Waals surface area contributed by atoms with Gasteiger partial charge in [-0.05, 0) is 35.9 Å². The number of nitrogens with one attached hydrogen (secondary N) is 2. The highest BCUT2D eigenvalue weighted by Gasteiger charge is 2.14. The molecule has 0 unspecified atom stereocenters. The van der Waals surface area contributed by atoms with Gasteiger partial charge in [0.15, 0.2) is 18.2 Å². The minimum Gasteiger partial charge on any atom is -0.481 e. The average Bonchev–Trinajstić information content (AvgIpc) is 2.72. The third-order valence-corrected chi connectivity index (χ3v) is 4.49. The maximum Gasteiger partial charge on any atom is 0.262 e. The van der Waals surface area contributed by atoms with E-state index in [1.807, 2.05) is 30.3 Å². The molecule has 0 saturated carbocycles. The van der Waals surface area contributed by atoms with Crippen molar-refractivity contribution in [1.29, 1.82) is 0 Å². The zero-order valence-electron chi connectivity index (χ0n) is 15.3. The van der Waals surface area contributed by atoms with E-state index in [0.29, 0.717) is 22.3 Å². The molecule has 0 aliphatic carbocycles. The molecule has 0 atom stereocenters. The standard InChI is InChI=1S/C22H18BrFN2O3/c23-16-10-11-20(18(24)12-16)29-14-21(27)26-19-9-5-4-8-17(19)22(28)25-13-15-6-2-1-3-7-15/h1-12H,13-14H2,(H,25,28)(H,26,27). The van der Waals surface area contributed by atoms with E-state index >= 15 is 0 Å². The van der Waals surface area contributed by atoms with Crippen molar-refractivity contribution in [3.05, 3.63) is 94.2 Å². The lowest BCUT2D eigenvalue weighted by molar-refractivity contribution is -0.118. The van der Waals surface area contributed by atoms with Crippen LogP contribution in [-0.2, 0) is 11.3 Å². The van der Waals surface area contributed by atoms with Gasteiger partial charge in [-0.3, -0.25) is 9.59 Å². The molecule has 0 aromatic heterocycles. The monoisotopic (exact) mass is 456 g/mol. The molecule has 7 heteroatoms. The molecule has 0 bridgehead atoms. The lowest BCUT2D eigenvalue weighted by Gasteiger charge is -2.12. The van der Waals surface area contributed by atoms with Crippen LogP contribution in [0.3, 0.4) is 0 Å². The molecule has 0 radical (unpaired) electrons. The average molecular weight is 457 g/mol. The molecule has 0 fully saturated rings. The van der Waals surface area contributed by atoms with Crippen LogP contribution in [0.4, 0.5) is 10.1 Å². The number of ether oxygens (including phenoxy) is 1. The van der Waals surface area contributed by atoms with Crippen LogP contribution in [0.25, 0.3) is 0 Å². The van der Waals surface area contributed by atoms with Gasteiger partial charge in [0, 0.05) is 11.0 Å². The number of anilines is 1. The largest absolute Gasteiger partial charge is 0.481 e. The van der Waals surface area contributed by atoms with Crippen LogP contribution in [0.15, 0.2) is 77.3 Å². The van der Waals surface area contributed by atoms with Crippen LogP contribution in [0.5, 0.6) is 5.75 Å². The quantitative estimate of drug-likeness (QED) is 0.548. The first-order valence-electron chi connectivity index (χ1n) is 8.82. The molecule has 3 rings (SSSR count). The van der Waals surface area contributed by atoms with E-state index in [1.54, 1.807) is 30.3 Å². The third kappa shape index (κ3) is 5.89. The van der Waals surface area contributed by atoms with Gasteiger partial charge in [-0.25, -0.2) is 4.39 Å². The van der Waals surface area contributed by atoms with Crippen LogP contribution in [0.1, 0.15) is 15.9 Å². The first kappa shape index (κ1) is 20.5. The number of carbonyl (C=O) groups excluding carboxylic acids is 2. The molecule has 0 heterocycles. The molecular weight excluding hydrogens is 439 g/mol. The highest BCUT2D eigenvalue weighted by atomic mass is 79.9. The second kappa shape index (κ2) is 9.84. The van der Waals surface area contributed by atoms with Crippen molar-refractivity contribution < 1.29 is 18.7 Å². The van der Waals surface area contributed by atoms with Crippen molar-refractivity contribution in [3.8, 4) is 5.75 Å². The predicted molar refractivity (Wildman–Crippen MR) is 112 cm³/mol. The maximum absolute atomic E-state index is 13.8. The van der Waals surface area contributed by atoms with Crippen LogP contribution in [0, 0.1) is 5.82 Å². The van der Waals surface area contributed by atoms with Gasteiger partial charge in [0.05, 0.1) is 11.3 Å². The van der Waals surface area contributed by atoms with Crippen molar-refractivity contribution in [3.63, 3.8) is 0 Å². The summed E-state index contributed by atoms with van der Waals surface area (Å²) in [5.41, 5.74) is 1.64. The fourth-order valence-electron chi connectivity index (χ4n) is 2.59. The summed E-state index contributed by atoms with van der Waals surface area (Å²) in [7, 11) is 0. The zero-order chi connectivity index (χ0) is 20.6.